The van der Waals surface area contributed by atoms with Gasteiger partial charge in [-0.1, -0.05) is 26.0 Å². The number of fused-ring (bicyclic) bond motifs is 2. The van der Waals surface area contributed by atoms with Crippen LogP contribution in [-0.2, 0) is 6.42 Å². The van der Waals surface area contributed by atoms with Crippen molar-refractivity contribution in [2.45, 2.75) is 39.2 Å². The van der Waals surface area contributed by atoms with Crippen LogP contribution in [0.3, 0.4) is 0 Å². The van der Waals surface area contributed by atoms with Gasteiger partial charge in [0, 0.05) is 11.1 Å². The van der Waals surface area contributed by atoms with Gasteiger partial charge in [-0.3, -0.25) is 0 Å². The van der Waals surface area contributed by atoms with E-state index in [4.69, 9.17) is 4.42 Å². The third-order valence-corrected chi connectivity index (χ3v) is 4.52. The van der Waals surface area contributed by atoms with Crippen molar-refractivity contribution in [1.82, 2.24) is 0 Å². The van der Waals surface area contributed by atoms with Gasteiger partial charge in [0.1, 0.15) is 0 Å². The lowest BCUT2D eigenvalue weighted by molar-refractivity contribution is 0.0914. The van der Waals surface area contributed by atoms with Gasteiger partial charge in [0.2, 0.25) is 0 Å². The van der Waals surface area contributed by atoms with E-state index >= 15 is 0 Å². The molecule has 1 fully saturated rings. The average Bonchev–Trinajstić information content (AvgIpc) is 2.79. The molecule has 2 aliphatic rings. The Morgan fingerprint density at radius 3 is 2.88 bits per heavy atom. The molecule has 2 nitrogen and oxygen atoms in total. The molecule has 0 amide bonds. The molecule has 1 N–H and O–H groups in total. The molecule has 92 valence electrons. The maximum absolute atomic E-state index is 10.5. The predicted octanol–water partition coefficient (Wildman–Crippen LogP) is 3.48. The third kappa shape index (κ3) is 1.66. The van der Waals surface area contributed by atoms with E-state index in [0.717, 1.165) is 30.4 Å². The molecule has 3 rings (SSSR count). The molecule has 17 heavy (non-hydrogen) atoms. The van der Waals surface area contributed by atoms with Crippen molar-refractivity contribution in [3.05, 3.63) is 35.8 Å². The fraction of sp³-hybridized carbons (Fsp3) is 0.600. The molecule has 0 radical (unpaired) electrons. The minimum absolute atomic E-state index is 0.316. The largest absolute Gasteiger partial charge is 0.472 e. The van der Waals surface area contributed by atoms with Crippen LogP contribution in [0, 0.1) is 17.3 Å². The molecule has 3 unspecified atom stereocenters. The highest BCUT2D eigenvalue weighted by Gasteiger charge is 2.46. The first kappa shape index (κ1) is 11.1. The van der Waals surface area contributed by atoms with Crippen molar-refractivity contribution in [3.8, 4) is 0 Å². The van der Waals surface area contributed by atoms with E-state index < -0.39 is 0 Å². The summed E-state index contributed by atoms with van der Waals surface area (Å²) in [7, 11) is 0. The summed E-state index contributed by atoms with van der Waals surface area (Å²) in [5, 5.41) is 10.5. The first-order chi connectivity index (χ1) is 7.98. The minimum atomic E-state index is -0.380. The van der Waals surface area contributed by atoms with E-state index in [0.29, 0.717) is 17.3 Å². The van der Waals surface area contributed by atoms with Gasteiger partial charge in [-0.15, -0.1) is 0 Å². The SMILES string of the molecule is C=C1Cc2cocc2C(O)C2CC(C)(C)CC12. The first-order valence-corrected chi connectivity index (χ1v) is 6.39. The van der Waals surface area contributed by atoms with Gasteiger partial charge in [0.05, 0.1) is 18.6 Å². The second-order valence-corrected chi connectivity index (χ2v) is 6.48. The van der Waals surface area contributed by atoms with Crippen LogP contribution in [0.5, 0.6) is 0 Å². The van der Waals surface area contributed by atoms with E-state index in [1.54, 1.807) is 12.5 Å². The van der Waals surface area contributed by atoms with E-state index in [1.165, 1.54) is 5.57 Å². The highest BCUT2D eigenvalue weighted by atomic mass is 16.3. The number of allylic oxidation sites excluding steroid dienone is 1. The molecule has 0 bridgehead atoms. The molecule has 1 heterocycles. The Bertz CT molecular complexity index is 455. The summed E-state index contributed by atoms with van der Waals surface area (Å²) < 4.78 is 5.24. The number of aliphatic hydroxyl groups is 1. The molecular weight excluding hydrogens is 212 g/mol. The number of aliphatic hydroxyl groups excluding tert-OH is 1. The smallest absolute Gasteiger partial charge is 0.0963 e. The lowest BCUT2D eigenvalue weighted by Gasteiger charge is -2.22. The number of hydrogen-bond acceptors (Lipinski definition) is 2. The Hall–Kier alpha value is -1.02. The topological polar surface area (TPSA) is 33.4 Å². The van der Waals surface area contributed by atoms with Crippen LogP contribution in [0.2, 0.25) is 0 Å². The Balaban J connectivity index is 2.02. The molecule has 0 aromatic carbocycles. The third-order valence-electron chi connectivity index (χ3n) is 4.52. The molecule has 2 heteroatoms. The highest BCUT2D eigenvalue weighted by Crippen LogP contribution is 2.54. The van der Waals surface area contributed by atoms with Gasteiger partial charge in [-0.05, 0) is 36.5 Å². The zero-order valence-electron chi connectivity index (χ0n) is 10.6. The molecule has 3 atom stereocenters. The zero-order valence-corrected chi connectivity index (χ0v) is 10.6. The van der Waals surface area contributed by atoms with Crippen molar-refractivity contribution < 1.29 is 9.52 Å². The van der Waals surface area contributed by atoms with Gasteiger partial charge >= 0.3 is 0 Å². The molecule has 0 aliphatic heterocycles. The van der Waals surface area contributed by atoms with Crippen molar-refractivity contribution in [2.24, 2.45) is 17.3 Å². The van der Waals surface area contributed by atoms with Gasteiger partial charge in [0.15, 0.2) is 0 Å². The molecule has 0 saturated heterocycles. The second kappa shape index (κ2) is 3.49. The molecule has 0 spiro atoms. The van der Waals surface area contributed by atoms with Crippen LogP contribution in [0.15, 0.2) is 29.1 Å². The van der Waals surface area contributed by atoms with E-state index in [1.807, 2.05) is 0 Å². The Morgan fingerprint density at radius 2 is 2.12 bits per heavy atom. The number of hydrogen-bond donors (Lipinski definition) is 1. The summed E-state index contributed by atoms with van der Waals surface area (Å²) in [6, 6.07) is 0. The molecule has 1 aromatic heterocycles. The lowest BCUT2D eigenvalue weighted by atomic mass is 9.86. The predicted molar refractivity (Wildman–Crippen MR) is 66.5 cm³/mol. The van der Waals surface area contributed by atoms with Gasteiger partial charge < -0.3 is 9.52 Å². The summed E-state index contributed by atoms with van der Waals surface area (Å²) >= 11 is 0. The van der Waals surface area contributed by atoms with Crippen LogP contribution in [0.25, 0.3) is 0 Å². The molecule has 2 aliphatic carbocycles. The number of rotatable bonds is 0. The standard InChI is InChI=1S/C15H20O2/c1-9-4-10-7-17-8-13(10)14(16)12-6-15(2,3)5-11(9)12/h7-8,11-12,14,16H,1,4-6H2,2-3H3. The van der Waals surface area contributed by atoms with Crippen LogP contribution >= 0.6 is 0 Å². The quantitative estimate of drug-likeness (QED) is 0.695. The van der Waals surface area contributed by atoms with Crippen LogP contribution in [-0.4, -0.2) is 5.11 Å². The van der Waals surface area contributed by atoms with Crippen LogP contribution in [0.1, 0.15) is 43.9 Å². The second-order valence-electron chi connectivity index (χ2n) is 6.48. The van der Waals surface area contributed by atoms with Crippen molar-refractivity contribution in [1.29, 1.82) is 0 Å². The van der Waals surface area contributed by atoms with E-state index in [9.17, 15) is 5.11 Å². The minimum Gasteiger partial charge on any atom is -0.472 e. The van der Waals surface area contributed by atoms with Crippen molar-refractivity contribution in [3.63, 3.8) is 0 Å². The Morgan fingerprint density at radius 1 is 1.35 bits per heavy atom. The van der Waals surface area contributed by atoms with Crippen molar-refractivity contribution in [2.75, 3.05) is 0 Å². The molecular formula is C15H20O2. The van der Waals surface area contributed by atoms with Gasteiger partial charge in [-0.25, -0.2) is 0 Å². The van der Waals surface area contributed by atoms with Crippen LogP contribution in [0.4, 0.5) is 0 Å². The summed E-state index contributed by atoms with van der Waals surface area (Å²) in [4.78, 5) is 0. The fourth-order valence-electron chi connectivity index (χ4n) is 3.73. The van der Waals surface area contributed by atoms with Gasteiger partial charge in [-0.2, -0.15) is 0 Å². The highest BCUT2D eigenvalue weighted by molar-refractivity contribution is 5.33. The Labute approximate surface area is 102 Å². The van der Waals surface area contributed by atoms with Gasteiger partial charge in [0.25, 0.3) is 0 Å². The maximum atomic E-state index is 10.5. The summed E-state index contributed by atoms with van der Waals surface area (Å²) in [5.41, 5.74) is 3.69. The maximum Gasteiger partial charge on any atom is 0.0963 e. The Kier molecular flexibility index (Phi) is 2.27. The molecule has 1 aromatic rings. The average molecular weight is 232 g/mol. The fourth-order valence-corrected chi connectivity index (χ4v) is 3.73. The van der Waals surface area contributed by atoms with Crippen molar-refractivity contribution >= 4 is 0 Å². The molecule has 1 saturated carbocycles. The first-order valence-electron chi connectivity index (χ1n) is 6.39. The zero-order chi connectivity index (χ0) is 12.2. The number of furan rings is 1. The normalized spacial score (nSPS) is 35.2. The summed E-state index contributed by atoms with van der Waals surface area (Å²) in [5.74, 6) is 0.781. The van der Waals surface area contributed by atoms with E-state index in [2.05, 4.69) is 20.4 Å². The lowest BCUT2D eigenvalue weighted by Crippen LogP contribution is -2.16. The van der Waals surface area contributed by atoms with Crippen LogP contribution < -0.4 is 0 Å². The monoisotopic (exact) mass is 232 g/mol. The summed E-state index contributed by atoms with van der Waals surface area (Å²) in [6.45, 7) is 8.82. The van der Waals surface area contributed by atoms with E-state index in [-0.39, 0.29) is 6.10 Å². The summed E-state index contributed by atoms with van der Waals surface area (Å²) in [6.07, 6.45) is 6.17.